The molecule has 24 heavy (non-hydrogen) atoms. The third-order valence-corrected chi connectivity index (χ3v) is 4.21. The average molecular weight is 348 g/mol. The summed E-state index contributed by atoms with van der Waals surface area (Å²) in [4.78, 5) is 17.5. The molecule has 0 amide bonds. The lowest BCUT2D eigenvalue weighted by Crippen LogP contribution is -2.29. The van der Waals surface area contributed by atoms with Crippen LogP contribution in [0.5, 0.6) is 5.75 Å². The minimum Gasteiger partial charge on any atom is -0.479 e. The highest BCUT2D eigenvalue weighted by atomic mass is 32.1. The Morgan fingerprint density at radius 2 is 1.96 bits per heavy atom. The SMILES string of the molecule is CCC(Oc1ccc(-c2nc(N)sc2C)cc1)C(=O)OCC(C)C. The van der Waals surface area contributed by atoms with Crippen LogP contribution in [0.1, 0.15) is 32.1 Å². The predicted octanol–water partition coefficient (Wildman–Crippen LogP) is 4.06. The van der Waals surface area contributed by atoms with E-state index in [0.29, 0.717) is 29.8 Å². The van der Waals surface area contributed by atoms with E-state index in [2.05, 4.69) is 4.98 Å². The number of aryl methyl sites for hydroxylation is 1. The van der Waals surface area contributed by atoms with Crippen LogP contribution in [0.4, 0.5) is 5.13 Å². The number of esters is 1. The van der Waals surface area contributed by atoms with Crippen molar-refractivity contribution < 1.29 is 14.3 Å². The highest BCUT2D eigenvalue weighted by molar-refractivity contribution is 7.15. The fourth-order valence-corrected chi connectivity index (χ4v) is 2.89. The molecule has 2 N–H and O–H groups in total. The van der Waals surface area contributed by atoms with E-state index in [4.69, 9.17) is 15.2 Å². The van der Waals surface area contributed by atoms with Gasteiger partial charge in [0.05, 0.1) is 12.3 Å². The Balaban J connectivity index is 2.04. The van der Waals surface area contributed by atoms with Crippen LogP contribution in [-0.2, 0) is 9.53 Å². The molecule has 0 aliphatic carbocycles. The number of benzene rings is 1. The zero-order valence-electron chi connectivity index (χ0n) is 14.5. The molecular weight excluding hydrogens is 324 g/mol. The Morgan fingerprint density at radius 3 is 2.46 bits per heavy atom. The smallest absolute Gasteiger partial charge is 0.347 e. The summed E-state index contributed by atoms with van der Waals surface area (Å²) < 4.78 is 11.0. The molecule has 0 radical (unpaired) electrons. The van der Waals surface area contributed by atoms with Gasteiger partial charge in [0, 0.05) is 10.4 Å². The number of anilines is 1. The van der Waals surface area contributed by atoms with E-state index in [1.807, 2.05) is 52.0 Å². The van der Waals surface area contributed by atoms with Crippen molar-refractivity contribution in [2.45, 2.75) is 40.2 Å². The number of carbonyl (C=O) groups is 1. The maximum absolute atomic E-state index is 12.0. The molecule has 0 aliphatic heterocycles. The number of hydrogen-bond donors (Lipinski definition) is 1. The Bertz CT molecular complexity index is 680. The van der Waals surface area contributed by atoms with Gasteiger partial charge in [-0.25, -0.2) is 9.78 Å². The van der Waals surface area contributed by atoms with Gasteiger partial charge in [-0.3, -0.25) is 0 Å². The zero-order valence-corrected chi connectivity index (χ0v) is 15.4. The second kappa shape index (κ2) is 8.15. The summed E-state index contributed by atoms with van der Waals surface area (Å²) in [5.74, 6) is 0.617. The molecule has 0 saturated heterocycles. The fourth-order valence-electron chi connectivity index (χ4n) is 2.18. The van der Waals surface area contributed by atoms with Crippen molar-refractivity contribution in [2.24, 2.45) is 5.92 Å². The predicted molar refractivity (Wildman–Crippen MR) is 97.2 cm³/mol. The van der Waals surface area contributed by atoms with E-state index in [1.54, 1.807) is 0 Å². The van der Waals surface area contributed by atoms with Gasteiger partial charge >= 0.3 is 5.97 Å². The maximum Gasteiger partial charge on any atom is 0.347 e. The lowest BCUT2D eigenvalue weighted by Gasteiger charge is -2.17. The van der Waals surface area contributed by atoms with E-state index in [1.165, 1.54) is 11.3 Å². The summed E-state index contributed by atoms with van der Waals surface area (Å²) >= 11 is 1.47. The summed E-state index contributed by atoms with van der Waals surface area (Å²) in [7, 11) is 0. The number of nitrogens with two attached hydrogens (primary N) is 1. The summed E-state index contributed by atoms with van der Waals surface area (Å²) in [5.41, 5.74) is 7.60. The van der Waals surface area contributed by atoms with Crippen molar-refractivity contribution in [3.05, 3.63) is 29.1 Å². The minimum atomic E-state index is -0.591. The van der Waals surface area contributed by atoms with Crippen LogP contribution < -0.4 is 10.5 Å². The summed E-state index contributed by atoms with van der Waals surface area (Å²) in [5, 5.41) is 0.557. The molecule has 1 heterocycles. The monoisotopic (exact) mass is 348 g/mol. The molecular formula is C18H24N2O3S. The molecule has 6 heteroatoms. The van der Waals surface area contributed by atoms with Crippen LogP contribution in [0.2, 0.25) is 0 Å². The normalized spacial score (nSPS) is 12.2. The van der Waals surface area contributed by atoms with Gasteiger partial charge in [0.2, 0.25) is 0 Å². The third-order valence-electron chi connectivity index (χ3n) is 3.41. The van der Waals surface area contributed by atoms with Crippen molar-refractivity contribution in [2.75, 3.05) is 12.3 Å². The first-order chi connectivity index (χ1) is 11.4. The number of nitrogens with zero attached hydrogens (tertiary/aromatic N) is 1. The molecule has 1 unspecified atom stereocenters. The Hall–Kier alpha value is -2.08. The van der Waals surface area contributed by atoms with Gasteiger partial charge in [0.25, 0.3) is 0 Å². The molecule has 1 aromatic heterocycles. The molecule has 0 bridgehead atoms. The van der Waals surface area contributed by atoms with Crippen LogP contribution in [0.25, 0.3) is 11.3 Å². The molecule has 1 atom stereocenters. The van der Waals surface area contributed by atoms with Gasteiger partial charge in [-0.15, -0.1) is 11.3 Å². The largest absolute Gasteiger partial charge is 0.479 e. The number of nitrogen functional groups attached to an aromatic ring is 1. The lowest BCUT2D eigenvalue weighted by atomic mass is 10.1. The third kappa shape index (κ3) is 4.71. The zero-order chi connectivity index (χ0) is 17.7. The van der Waals surface area contributed by atoms with Crippen molar-refractivity contribution in [1.82, 2.24) is 4.98 Å². The van der Waals surface area contributed by atoms with Gasteiger partial charge in [-0.05, 0) is 43.5 Å². The number of thiazole rings is 1. The minimum absolute atomic E-state index is 0.305. The number of ether oxygens (including phenoxy) is 2. The molecule has 0 spiro atoms. The van der Waals surface area contributed by atoms with Crippen LogP contribution in [-0.4, -0.2) is 23.7 Å². The summed E-state index contributed by atoms with van der Waals surface area (Å²) in [6.07, 6.45) is -0.0355. The number of rotatable bonds is 7. The quantitative estimate of drug-likeness (QED) is 0.764. The highest BCUT2D eigenvalue weighted by Gasteiger charge is 2.20. The Morgan fingerprint density at radius 1 is 1.29 bits per heavy atom. The molecule has 2 rings (SSSR count). The van der Waals surface area contributed by atoms with E-state index in [0.717, 1.165) is 16.1 Å². The summed E-state index contributed by atoms with van der Waals surface area (Å²) in [6.45, 7) is 8.30. The molecule has 2 aromatic rings. The fraction of sp³-hybridized carbons (Fsp3) is 0.444. The first kappa shape index (κ1) is 18.3. The number of hydrogen-bond acceptors (Lipinski definition) is 6. The number of aromatic nitrogens is 1. The Labute approximate surface area is 146 Å². The molecule has 5 nitrogen and oxygen atoms in total. The van der Waals surface area contributed by atoms with Crippen LogP contribution in [0.3, 0.4) is 0 Å². The lowest BCUT2D eigenvalue weighted by molar-refractivity contribution is -0.153. The highest BCUT2D eigenvalue weighted by Crippen LogP contribution is 2.30. The second-order valence-corrected chi connectivity index (χ2v) is 7.25. The summed E-state index contributed by atoms with van der Waals surface area (Å²) in [6, 6.07) is 7.51. The molecule has 0 fully saturated rings. The van der Waals surface area contributed by atoms with E-state index in [9.17, 15) is 4.79 Å². The van der Waals surface area contributed by atoms with Crippen LogP contribution in [0, 0.1) is 12.8 Å². The maximum atomic E-state index is 12.0. The standard InChI is InChI=1S/C18H24N2O3S/c1-5-15(17(21)22-10-11(2)3)23-14-8-6-13(7-9-14)16-12(4)24-18(19)20-16/h6-9,11,15H,5,10H2,1-4H3,(H2,19,20). The van der Waals surface area contributed by atoms with Crippen molar-refractivity contribution in [3.63, 3.8) is 0 Å². The average Bonchev–Trinajstić information content (AvgIpc) is 2.89. The van der Waals surface area contributed by atoms with Crippen LogP contribution >= 0.6 is 11.3 Å². The molecule has 1 aromatic carbocycles. The van der Waals surface area contributed by atoms with E-state index in [-0.39, 0.29) is 5.97 Å². The van der Waals surface area contributed by atoms with E-state index < -0.39 is 6.10 Å². The van der Waals surface area contributed by atoms with Crippen LogP contribution in [0.15, 0.2) is 24.3 Å². The first-order valence-corrected chi connectivity index (χ1v) is 8.89. The van der Waals surface area contributed by atoms with E-state index >= 15 is 0 Å². The second-order valence-electron chi connectivity index (χ2n) is 6.02. The topological polar surface area (TPSA) is 74.4 Å². The van der Waals surface area contributed by atoms with Gasteiger partial charge in [0.15, 0.2) is 11.2 Å². The number of carbonyl (C=O) groups excluding carboxylic acids is 1. The van der Waals surface area contributed by atoms with Gasteiger partial charge in [0.1, 0.15) is 5.75 Å². The van der Waals surface area contributed by atoms with Gasteiger partial charge in [-0.1, -0.05) is 20.8 Å². The molecule has 0 aliphatic rings. The van der Waals surface area contributed by atoms with Gasteiger partial charge < -0.3 is 15.2 Å². The Kier molecular flexibility index (Phi) is 6.20. The first-order valence-electron chi connectivity index (χ1n) is 8.07. The van der Waals surface area contributed by atoms with Gasteiger partial charge in [-0.2, -0.15) is 0 Å². The van der Waals surface area contributed by atoms with Crippen molar-refractivity contribution >= 4 is 22.4 Å². The van der Waals surface area contributed by atoms with Crippen molar-refractivity contribution in [1.29, 1.82) is 0 Å². The molecule has 0 saturated carbocycles. The molecule has 130 valence electrons. The van der Waals surface area contributed by atoms with Crippen molar-refractivity contribution in [3.8, 4) is 17.0 Å².